The molecular weight excluding hydrogens is 603 g/mol. The molecule has 0 spiro atoms. The standard InChI is InChI=1S/C45H29NOS/c1-45(2)36-14-6-3-10-29(36)34-24-35-30-11-4-7-15-38(30)46(39(35)25-37(34)45)27-19-21-32-31-20-18-26(22-42(31)48-43(32)23-27)28-13-9-17-41-44(28)33-12-5-8-16-40(33)47-41/h3-25H,1-2H3. The van der Waals surface area contributed by atoms with Gasteiger partial charge in [-0.2, -0.15) is 0 Å². The summed E-state index contributed by atoms with van der Waals surface area (Å²) in [6, 6.07) is 51.4. The second-order valence-electron chi connectivity index (χ2n) is 13.7. The van der Waals surface area contributed by atoms with E-state index < -0.39 is 0 Å². The van der Waals surface area contributed by atoms with Crippen molar-refractivity contribution >= 4 is 75.3 Å². The fraction of sp³-hybridized carbons (Fsp3) is 0.0667. The van der Waals surface area contributed by atoms with Crippen molar-refractivity contribution in [3.05, 3.63) is 151 Å². The topological polar surface area (TPSA) is 18.1 Å². The Labute approximate surface area is 281 Å². The smallest absolute Gasteiger partial charge is 0.136 e. The van der Waals surface area contributed by atoms with E-state index >= 15 is 0 Å². The summed E-state index contributed by atoms with van der Waals surface area (Å²) < 4.78 is 11.3. The van der Waals surface area contributed by atoms with Crippen molar-refractivity contribution in [2.75, 3.05) is 0 Å². The molecule has 48 heavy (non-hydrogen) atoms. The summed E-state index contributed by atoms with van der Waals surface area (Å²) in [6.45, 7) is 4.73. The van der Waals surface area contributed by atoms with Crippen LogP contribution in [0.3, 0.4) is 0 Å². The van der Waals surface area contributed by atoms with Crippen LogP contribution in [-0.4, -0.2) is 4.57 Å². The van der Waals surface area contributed by atoms with Gasteiger partial charge < -0.3 is 8.98 Å². The zero-order chi connectivity index (χ0) is 31.7. The van der Waals surface area contributed by atoms with Crippen molar-refractivity contribution in [2.45, 2.75) is 19.3 Å². The third kappa shape index (κ3) is 3.41. The van der Waals surface area contributed by atoms with E-state index in [9.17, 15) is 0 Å². The van der Waals surface area contributed by atoms with Crippen molar-refractivity contribution in [1.29, 1.82) is 0 Å². The maximum Gasteiger partial charge on any atom is 0.136 e. The van der Waals surface area contributed by atoms with Crippen LogP contribution < -0.4 is 0 Å². The fourth-order valence-corrected chi connectivity index (χ4v) is 9.71. The molecule has 1 aliphatic rings. The second kappa shape index (κ2) is 9.25. The monoisotopic (exact) mass is 631 g/mol. The number of thiophene rings is 1. The number of aromatic nitrogens is 1. The van der Waals surface area contributed by atoms with Crippen LogP contribution in [0.25, 0.3) is 91.9 Å². The first kappa shape index (κ1) is 26.4. The number of nitrogens with zero attached hydrogens (tertiary/aromatic N) is 1. The molecule has 0 bridgehead atoms. The van der Waals surface area contributed by atoms with Crippen molar-refractivity contribution in [3.63, 3.8) is 0 Å². The minimum absolute atomic E-state index is 0.0540. The first-order valence-corrected chi connectivity index (χ1v) is 17.4. The summed E-state index contributed by atoms with van der Waals surface area (Å²) in [7, 11) is 0. The molecule has 0 saturated heterocycles. The molecule has 0 N–H and O–H groups in total. The SMILES string of the molecule is CC1(C)c2ccccc2-c2cc3c4ccccc4n(-c4ccc5c(c4)sc4cc(-c6cccc7oc8ccccc8c67)ccc45)c3cc21. The summed E-state index contributed by atoms with van der Waals surface area (Å²) in [5.74, 6) is 0. The highest BCUT2D eigenvalue weighted by atomic mass is 32.1. The molecule has 0 amide bonds. The molecule has 0 saturated carbocycles. The van der Waals surface area contributed by atoms with Gasteiger partial charge in [0.15, 0.2) is 0 Å². The maximum atomic E-state index is 6.21. The minimum Gasteiger partial charge on any atom is -0.456 e. The fourth-order valence-electron chi connectivity index (χ4n) is 8.53. The van der Waals surface area contributed by atoms with E-state index in [4.69, 9.17) is 4.42 Å². The number of rotatable bonds is 2. The lowest BCUT2D eigenvalue weighted by molar-refractivity contribution is 0.661. The van der Waals surface area contributed by atoms with Crippen molar-refractivity contribution in [2.24, 2.45) is 0 Å². The molecule has 10 aromatic rings. The van der Waals surface area contributed by atoms with Crippen LogP contribution in [0.1, 0.15) is 25.0 Å². The van der Waals surface area contributed by atoms with Gasteiger partial charge in [-0.3, -0.25) is 0 Å². The highest BCUT2D eigenvalue weighted by molar-refractivity contribution is 7.25. The van der Waals surface area contributed by atoms with Crippen LogP contribution in [0.5, 0.6) is 0 Å². The molecule has 3 heterocycles. The van der Waals surface area contributed by atoms with Gasteiger partial charge in [0, 0.05) is 52.8 Å². The lowest BCUT2D eigenvalue weighted by Crippen LogP contribution is -2.14. The van der Waals surface area contributed by atoms with Crippen molar-refractivity contribution in [1.82, 2.24) is 4.57 Å². The minimum atomic E-state index is -0.0540. The highest BCUT2D eigenvalue weighted by Crippen LogP contribution is 2.51. The van der Waals surface area contributed by atoms with Gasteiger partial charge in [-0.05, 0) is 81.9 Å². The molecule has 0 atom stereocenters. The largest absolute Gasteiger partial charge is 0.456 e. The van der Waals surface area contributed by atoms with Crippen molar-refractivity contribution in [3.8, 4) is 27.9 Å². The summed E-state index contributed by atoms with van der Waals surface area (Å²) in [4.78, 5) is 0. The number of hydrogen-bond donors (Lipinski definition) is 0. The number of hydrogen-bond acceptors (Lipinski definition) is 2. The number of furan rings is 1. The molecule has 0 aliphatic heterocycles. The van der Waals surface area contributed by atoms with Gasteiger partial charge >= 0.3 is 0 Å². The van der Waals surface area contributed by atoms with Gasteiger partial charge in [0.1, 0.15) is 11.2 Å². The predicted octanol–water partition coefficient (Wildman–Crippen LogP) is 13.0. The Balaban J connectivity index is 1.11. The van der Waals surface area contributed by atoms with Gasteiger partial charge in [0.2, 0.25) is 0 Å². The van der Waals surface area contributed by atoms with Crippen LogP contribution in [0.4, 0.5) is 0 Å². The van der Waals surface area contributed by atoms with Gasteiger partial charge in [-0.15, -0.1) is 11.3 Å². The van der Waals surface area contributed by atoms with Gasteiger partial charge in [-0.1, -0.05) is 105 Å². The first-order valence-electron chi connectivity index (χ1n) is 16.6. The number of fused-ring (bicyclic) bond motifs is 12. The van der Waals surface area contributed by atoms with E-state index in [1.54, 1.807) is 0 Å². The predicted molar refractivity (Wildman–Crippen MR) is 204 cm³/mol. The number of para-hydroxylation sites is 2. The van der Waals surface area contributed by atoms with E-state index in [0.717, 1.165) is 16.6 Å². The quantitative estimate of drug-likeness (QED) is 0.186. The van der Waals surface area contributed by atoms with E-state index in [1.165, 1.54) is 86.4 Å². The Morgan fingerprint density at radius 2 is 1.23 bits per heavy atom. The molecule has 3 heteroatoms. The van der Waals surface area contributed by atoms with E-state index in [0.29, 0.717) is 0 Å². The maximum absolute atomic E-state index is 6.21. The molecule has 226 valence electrons. The molecule has 1 aliphatic carbocycles. The lowest BCUT2D eigenvalue weighted by atomic mass is 9.82. The van der Waals surface area contributed by atoms with Gasteiger partial charge in [0.25, 0.3) is 0 Å². The summed E-state index contributed by atoms with van der Waals surface area (Å²) in [6.07, 6.45) is 0. The third-order valence-corrected chi connectivity index (χ3v) is 11.9. The molecule has 0 unspecified atom stereocenters. The zero-order valence-corrected chi connectivity index (χ0v) is 27.4. The zero-order valence-electron chi connectivity index (χ0n) is 26.5. The van der Waals surface area contributed by atoms with Crippen LogP contribution >= 0.6 is 11.3 Å². The van der Waals surface area contributed by atoms with Gasteiger partial charge in [0.05, 0.1) is 11.0 Å². The van der Waals surface area contributed by atoms with E-state index in [1.807, 2.05) is 17.4 Å². The summed E-state index contributed by atoms with van der Waals surface area (Å²) in [5.41, 5.74) is 13.5. The normalized spacial score (nSPS) is 13.8. The summed E-state index contributed by atoms with van der Waals surface area (Å²) in [5, 5.41) is 7.54. The average Bonchev–Trinajstić information content (AvgIpc) is 3.84. The average molecular weight is 632 g/mol. The highest BCUT2D eigenvalue weighted by Gasteiger charge is 2.36. The molecule has 7 aromatic carbocycles. The summed E-state index contributed by atoms with van der Waals surface area (Å²) >= 11 is 1.88. The van der Waals surface area contributed by atoms with E-state index in [-0.39, 0.29) is 5.41 Å². The van der Waals surface area contributed by atoms with Crippen LogP contribution in [0.15, 0.2) is 144 Å². The van der Waals surface area contributed by atoms with Crippen LogP contribution in [-0.2, 0) is 5.41 Å². The Hall–Kier alpha value is -5.64. The van der Waals surface area contributed by atoms with Crippen LogP contribution in [0.2, 0.25) is 0 Å². The first-order chi connectivity index (χ1) is 23.5. The third-order valence-electron chi connectivity index (χ3n) is 10.8. The van der Waals surface area contributed by atoms with E-state index in [2.05, 4.69) is 152 Å². The Morgan fingerprint density at radius 1 is 0.500 bits per heavy atom. The molecular formula is C45H29NOS. The Bertz CT molecular complexity index is 2990. The van der Waals surface area contributed by atoms with Crippen molar-refractivity contribution < 1.29 is 4.42 Å². The van der Waals surface area contributed by atoms with Crippen LogP contribution in [0, 0.1) is 0 Å². The molecule has 0 fully saturated rings. The Kier molecular flexibility index (Phi) is 5.09. The second-order valence-corrected chi connectivity index (χ2v) is 14.8. The number of benzene rings is 7. The van der Waals surface area contributed by atoms with Gasteiger partial charge in [-0.25, -0.2) is 0 Å². The molecule has 2 nitrogen and oxygen atoms in total. The molecule has 11 rings (SSSR count). The molecule has 3 aromatic heterocycles. The Morgan fingerprint density at radius 3 is 2.15 bits per heavy atom. The lowest BCUT2D eigenvalue weighted by Gasteiger charge is -2.21. The molecule has 0 radical (unpaired) electrons.